The molecule has 3 rings (SSSR count). The van der Waals surface area contributed by atoms with E-state index in [1.165, 1.54) is 17.7 Å². The molecule has 2 aromatic rings. The molecule has 1 atom stereocenters. The van der Waals surface area contributed by atoms with Crippen LogP contribution in [-0.4, -0.2) is 62.7 Å². The van der Waals surface area contributed by atoms with E-state index >= 15 is 0 Å². The van der Waals surface area contributed by atoms with E-state index in [0.717, 1.165) is 50.4 Å². The van der Waals surface area contributed by atoms with Crippen LogP contribution in [0.15, 0.2) is 46.2 Å². The normalized spacial score (nSPS) is 16.6. The van der Waals surface area contributed by atoms with Crippen molar-refractivity contribution in [3.63, 3.8) is 0 Å². The number of rotatable bonds is 9. The number of nitrogen functional groups attached to an aromatic ring is 1. The van der Waals surface area contributed by atoms with Gasteiger partial charge in [0.05, 0.1) is 30.6 Å². The molecule has 0 saturated carbocycles. The maximum atomic E-state index is 13.1. The molecule has 0 bridgehead atoms. The fourth-order valence-corrected chi connectivity index (χ4v) is 6.33. The first-order valence-corrected chi connectivity index (χ1v) is 13.6. The van der Waals surface area contributed by atoms with Gasteiger partial charge in [-0.1, -0.05) is 13.0 Å². The van der Waals surface area contributed by atoms with E-state index in [-0.39, 0.29) is 21.6 Å². The summed E-state index contributed by atoms with van der Waals surface area (Å²) >= 11 is -1.26. The Morgan fingerprint density at radius 2 is 1.78 bits per heavy atom. The molecule has 2 aromatic carbocycles. The van der Waals surface area contributed by atoms with Gasteiger partial charge in [-0.3, -0.25) is 0 Å². The van der Waals surface area contributed by atoms with E-state index in [0.29, 0.717) is 4.90 Å². The molecule has 0 spiro atoms. The zero-order chi connectivity index (χ0) is 23.3. The summed E-state index contributed by atoms with van der Waals surface area (Å²) in [5.74, 6) is 1.46. The zero-order valence-corrected chi connectivity index (χ0v) is 20.5. The standard InChI is InChI=1S/C23H32N2O5S2/c1-4-32(27,28)19-6-8-23(20(24)16-19)31(26)18-10-13-25(14-11-18)12-9-17-5-7-21(29-2)22(15-17)30-3/h5-8,15-16,18H,4,9-14,24H2,1-3H3. The van der Waals surface area contributed by atoms with Crippen molar-refractivity contribution < 1.29 is 22.4 Å². The molecule has 9 heteroatoms. The number of ether oxygens (including phenoxy) is 2. The van der Waals surface area contributed by atoms with Crippen LogP contribution in [-0.2, 0) is 27.4 Å². The average molecular weight is 481 g/mol. The molecule has 2 N–H and O–H groups in total. The van der Waals surface area contributed by atoms with Crippen molar-refractivity contribution in [2.75, 3.05) is 45.3 Å². The number of anilines is 1. The van der Waals surface area contributed by atoms with Crippen molar-refractivity contribution in [1.82, 2.24) is 4.90 Å². The van der Waals surface area contributed by atoms with E-state index in [1.54, 1.807) is 27.2 Å². The third kappa shape index (κ3) is 5.70. The van der Waals surface area contributed by atoms with Gasteiger partial charge in [0.25, 0.3) is 0 Å². The minimum atomic E-state index is -3.33. The second-order valence-electron chi connectivity index (χ2n) is 7.88. The minimum Gasteiger partial charge on any atom is -0.611 e. The van der Waals surface area contributed by atoms with Gasteiger partial charge in [0.1, 0.15) is 5.25 Å². The summed E-state index contributed by atoms with van der Waals surface area (Å²) in [4.78, 5) is 3.09. The highest BCUT2D eigenvalue weighted by atomic mass is 32.2. The maximum absolute atomic E-state index is 13.1. The van der Waals surface area contributed by atoms with Gasteiger partial charge in [0, 0.05) is 32.5 Å². The van der Waals surface area contributed by atoms with Gasteiger partial charge in [-0.05, 0) is 53.5 Å². The van der Waals surface area contributed by atoms with E-state index in [9.17, 15) is 13.0 Å². The molecule has 1 aliphatic heterocycles. The second kappa shape index (κ2) is 10.8. The van der Waals surface area contributed by atoms with E-state index in [4.69, 9.17) is 15.2 Å². The fraction of sp³-hybridized carbons (Fsp3) is 0.478. The van der Waals surface area contributed by atoms with Gasteiger partial charge in [-0.2, -0.15) is 0 Å². The van der Waals surface area contributed by atoms with Crippen molar-refractivity contribution in [2.24, 2.45) is 0 Å². The highest BCUT2D eigenvalue weighted by Crippen LogP contribution is 2.31. The first-order chi connectivity index (χ1) is 15.3. The zero-order valence-electron chi connectivity index (χ0n) is 18.9. The molecular weight excluding hydrogens is 448 g/mol. The number of nitrogens with zero attached hydrogens (tertiary/aromatic N) is 1. The fourth-order valence-electron chi connectivity index (χ4n) is 3.92. The number of nitrogens with two attached hydrogens (primary N) is 1. The van der Waals surface area contributed by atoms with Gasteiger partial charge in [0.2, 0.25) is 0 Å². The smallest absolute Gasteiger partial charge is 0.178 e. The average Bonchev–Trinajstić information content (AvgIpc) is 2.82. The topological polar surface area (TPSA) is 105 Å². The molecule has 176 valence electrons. The van der Waals surface area contributed by atoms with Crippen molar-refractivity contribution in [3.05, 3.63) is 42.0 Å². The largest absolute Gasteiger partial charge is 0.611 e. The number of hydrogen-bond acceptors (Lipinski definition) is 7. The lowest BCUT2D eigenvalue weighted by Crippen LogP contribution is -2.40. The van der Waals surface area contributed by atoms with Crippen LogP contribution in [0.4, 0.5) is 5.69 Å². The van der Waals surface area contributed by atoms with Crippen LogP contribution >= 0.6 is 0 Å². The van der Waals surface area contributed by atoms with E-state index in [2.05, 4.69) is 4.90 Å². The Kier molecular flexibility index (Phi) is 8.32. The Bertz CT molecular complexity index is 1020. The lowest BCUT2D eigenvalue weighted by atomic mass is 10.1. The highest BCUT2D eigenvalue weighted by molar-refractivity contribution is 7.92. The van der Waals surface area contributed by atoms with Crippen LogP contribution in [0.25, 0.3) is 0 Å². The number of hydrogen-bond donors (Lipinski definition) is 1. The Morgan fingerprint density at radius 3 is 2.38 bits per heavy atom. The molecule has 32 heavy (non-hydrogen) atoms. The van der Waals surface area contributed by atoms with Crippen LogP contribution in [0.2, 0.25) is 0 Å². The Labute approximate surface area is 194 Å². The molecule has 0 radical (unpaired) electrons. The molecular formula is C23H32N2O5S2. The summed E-state index contributed by atoms with van der Waals surface area (Å²) in [7, 11) is -0.0734. The second-order valence-corrected chi connectivity index (χ2v) is 11.9. The van der Waals surface area contributed by atoms with Gasteiger partial charge in [-0.15, -0.1) is 0 Å². The summed E-state index contributed by atoms with van der Waals surface area (Å²) in [6.07, 6.45) is 2.52. The number of benzene rings is 2. The highest BCUT2D eigenvalue weighted by Gasteiger charge is 2.31. The summed E-state index contributed by atoms with van der Waals surface area (Å²) < 4.78 is 47.9. The monoisotopic (exact) mass is 480 g/mol. The SMILES string of the molecule is CCS(=O)(=O)c1ccc([S+]([O-])C2CCN(CCc3ccc(OC)c(OC)c3)CC2)c(N)c1. The first kappa shape index (κ1) is 24.7. The van der Waals surface area contributed by atoms with E-state index < -0.39 is 21.0 Å². The lowest BCUT2D eigenvalue weighted by Gasteiger charge is -2.32. The Balaban J connectivity index is 1.55. The Morgan fingerprint density at radius 1 is 1.09 bits per heavy atom. The molecule has 0 aliphatic carbocycles. The first-order valence-electron chi connectivity index (χ1n) is 10.7. The lowest BCUT2D eigenvalue weighted by molar-refractivity contribution is 0.232. The number of likely N-dealkylation sites (tertiary alicyclic amines) is 1. The quantitative estimate of drug-likeness (QED) is 0.435. The summed E-state index contributed by atoms with van der Waals surface area (Å²) in [6.45, 7) is 4.24. The molecule has 0 amide bonds. The van der Waals surface area contributed by atoms with Crippen LogP contribution in [0.3, 0.4) is 0 Å². The maximum Gasteiger partial charge on any atom is 0.178 e. The van der Waals surface area contributed by atoms with Gasteiger partial charge < -0.3 is 24.7 Å². The summed E-state index contributed by atoms with van der Waals surface area (Å²) in [5.41, 5.74) is 7.55. The van der Waals surface area contributed by atoms with Crippen molar-refractivity contribution >= 4 is 26.7 Å². The molecule has 1 fully saturated rings. The summed E-state index contributed by atoms with van der Waals surface area (Å²) in [6, 6.07) is 10.5. The molecule has 1 aliphatic rings. The van der Waals surface area contributed by atoms with Gasteiger partial charge >= 0.3 is 0 Å². The van der Waals surface area contributed by atoms with Crippen LogP contribution in [0.1, 0.15) is 25.3 Å². The van der Waals surface area contributed by atoms with Gasteiger partial charge in [-0.25, -0.2) is 8.42 Å². The predicted molar refractivity (Wildman–Crippen MR) is 128 cm³/mol. The molecule has 1 saturated heterocycles. The van der Waals surface area contributed by atoms with Crippen LogP contribution in [0.5, 0.6) is 11.5 Å². The van der Waals surface area contributed by atoms with Crippen molar-refractivity contribution in [2.45, 2.75) is 41.2 Å². The van der Waals surface area contributed by atoms with Gasteiger partial charge in [0.15, 0.2) is 26.2 Å². The van der Waals surface area contributed by atoms with E-state index in [1.807, 2.05) is 18.2 Å². The number of methoxy groups -OCH3 is 2. The summed E-state index contributed by atoms with van der Waals surface area (Å²) in [5, 5.41) is 0.0169. The van der Waals surface area contributed by atoms with Crippen molar-refractivity contribution in [1.29, 1.82) is 0 Å². The van der Waals surface area contributed by atoms with Crippen LogP contribution < -0.4 is 15.2 Å². The molecule has 0 aromatic heterocycles. The van der Waals surface area contributed by atoms with Crippen LogP contribution in [0, 0.1) is 0 Å². The number of sulfone groups is 1. The minimum absolute atomic E-state index is 0.0106. The Hall–Kier alpha value is -1.94. The molecule has 1 unspecified atom stereocenters. The third-order valence-corrected chi connectivity index (χ3v) is 9.55. The third-order valence-electron chi connectivity index (χ3n) is 5.94. The molecule has 1 heterocycles. The van der Waals surface area contributed by atoms with Crippen molar-refractivity contribution in [3.8, 4) is 11.5 Å². The predicted octanol–water partition coefficient (Wildman–Crippen LogP) is 2.89. The molecule has 7 nitrogen and oxygen atoms in total. The number of piperidine rings is 1.